The van der Waals surface area contributed by atoms with Gasteiger partial charge >= 0.3 is 0 Å². The van der Waals surface area contributed by atoms with E-state index in [0.29, 0.717) is 186 Å². The molecule has 141 heavy (non-hydrogen) atoms. The van der Waals surface area contributed by atoms with E-state index in [4.69, 9.17) is 58.0 Å². The Morgan fingerprint density at radius 3 is 1.00 bits per heavy atom. The number of alkyl halides is 5. The van der Waals surface area contributed by atoms with Crippen LogP contribution < -0.4 is 47.9 Å². The SMILES string of the molecule is CC1(F)CCC(CCC(=O)c2cn(CC3(C)CCN3)c3cccc(Cl)c23)CC1.CC1(F)CCC(CNC(=O)c2cn(C[C@@H]3CCCN3)c3cccc(Cl)c23)CC1.CC1(F)CCC(CNC(=O)c2cn(C[C@H]3CCCN3)c3cccc(Cl)c23)CC1.CC1(F)CCCC(CNC(=O)c2cn(CC3CCCN3)c3cccc(Cl)c23)C1.CC1(F)CCCC(O)(CNC(=O)c2cn(CC3CCCN3)c3cccc(Cl)c23)C1. The number of hydrogen-bond donors (Lipinski definition) is 10. The molecule has 0 spiro atoms. The molecule has 10 aliphatic rings. The molecule has 30 heteroatoms. The van der Waals surface area contributed by atoms with Gasteiger partial charge in [-0.1, -0.05) is 88.3 Å². The number of aromatic nitrogens is 5. The number of Topliss-reactive ketones (excluding diaryl/α,β-unsaturated/α-hetero) is 1. The molecule has 0 bridgehead atoms. The summed E-state index contributed by atoms with van der Waals surface area (Å²) in [5.74, 6) is 0.891. The minimum absolute atomic E-state index is 0.0344. The number of nitrogens with zero attached hydrogens (tertiary/aromatic N) is 5. The molecule has 5 aliphatic carbocycles. The highest BCUT2D eigenvalue weighted by molar-refractivity contribution is 6.39. The van der Waals surface area contributed by atoms with Crippen LogP contribution in [0.5, 0.6) is 0 Å². The summed E-state index contributed by atoms with van der Waals surface area (Å²) in [6, 6.07) is 30.5. The summed E-state index contributed by atoms with van der Waals surface area (Å²) in [6.07, 6.45) is 34.5. The van der Waals surface area contributed by atoms with Gasteiger partial charge < -0.3 is 75.8 Å². The Bertz CT molecular complexity index is 5860. The molecule has 10 heterocycles. The quantitative estimate of drug-likeness (QED) is 0.0181. The molecule has 4 amide bonds. The lowest BCUT2D eigenvalue weighted by molar-refractivity contribution is -0.0533. The number of ketones is 1. The van der Waals surface area contributed by atoms with Crippen LogP contribution in [0, 0.1) is 23.7 Å². The number of carbonyl (C=O) groups is 5. The first-order chi connectivity index (χ1) is 67.3. The molecule has 766 valence electrons. The maximum absolute atomic E-state index is 14.4. The lowest BCUT2D eigenvalue weighted by Gasteiger charge is -2.40. The van der Waals surface area contributed by atoms with Crippen LogP contribution >= 0.6 is 58.0 Å². The van der Waals surface area contributed by atoms with E-state index >= 15 is 0 Å². The van der Waals surface area contributed by atoms with Crippen molar-refractivity contribution in [2.45, 2.75) is 337 Å². The fraction of sp³-hybridized carbons (Fsp3) is 0.595. The average molecular weight is 2040 g/mol. The van der Waals surface area contributed by atoms with Gasteiger partial charge in [-0.25, -0.2) is 22.0 Å². The van der Waals surface area contributed by atoms with Crippen LogP contribution in [0.25, 0.3) is 54.5 Å². The first kappa shape index (κ1) is 106. The van der Waals surface area contributed by atoms with Gasteiger partial charge in [0.15, 0.2) is 5.78 Å². The number of halogens is 10. The third kappa shape index (κ3) is 27.2. The molecule has 5 aromatic carbocycles. The standard InChI is InChI=1S/C23H30ClFN2O.C22H29ClFN3O2.3C22H29ClFN3O/c1-22(25)10-8-16(9-11-22)6-7-20(28)17-14-27(15-23(2)12-13-26-23)19-5-3-4-18(24)21(17)19;1-21(24)8-4-9-22(29,13-21)14-26-20(28)16-12-27(11-15-5-3-10-25-15)18-7-2-6-17(23)19(16)18;1-22(24)9-3-5-15(11-22)12-26-21(28)17-14-27(13-16-6-4-10-25-16)19-8-2-7-18(23)20(17)19;2*1-22(24)9-7-15(8-10-22)12-26-21(28)17-14-27(13-16-4-3-11-25-16)19-6-2-5-18(23)20(17)19/h3-5,14,16,26H,6-13,15H2,1-2H3;2,6-7,12,15,25,29H,3-5,8-11,13-14H2,1H3,(H,26,28);2,7-8,14-16,25H,3-6,9-13H2,1H3,(H,26,28);2*2,5-6,14-16,25H,3-4,7-13H2,1H3,(H,26,28)/t;;;2*15?,16-,22?/m...10/s1. The van der Waals surface area contributed by atoms with Crippen molar-refractivity contribution < 1.29 is 51.0 Å². The number of amides is 4. The molecule has 10 fully saturated rings. The van der Waals surface area contributed by atoms with Gasteiger partial charge in [0.05, 0.1) is 80.6 Å². The first-order valence-corrected chi connectivity index (χ1v) is 54.1. The highest BCUT2D eigenvalue weighted by atomic mass is 35.5. The number of fused-ring (bicyclic) bond motifs is 5. The molecule has 5 aromatic heterocycles. The summed E-state index contributed by atoms with van der Waals surface area (Å²) in [6.45, 7) is 21.5. The van der Waals surface area contributed by atoms with Crippen molar-refractivity contribution in [2.24, 2.45) is 23.7 Å². The minimum Gasteiger partial charge on any atom is -0.388 e. The van der Waals surface area contributed by atoms with Gasteiger partial charge in [0.25, 0.3) is 23.6 Å². The second-order valence-corrected chi connectivity index (χ2v) is 46.5. The highest BCUT2D eigenvalue weighted by Crippen LogP contribution is 2.44. The van der Waals surface area contributed by atoms with E-state index in [2.05, 4.69) is 77.6 Å². The summed E-state index contributed by atoms with van der Waals surface area (Å²) in [4.78, 5) is 65.0. The van der Waals surface area contributed by atoms with E-state index < -0.39 is 33.9 Å². The molecule has 5 saturated carbocycles. The van der Waals surface area contributed by atoms with E-state index in [1.165, 1.54) is 26.2 Å². The van der Waals surface area contributed by atoms with Crippen molar-refractivity contribution in [1.82, 2.24) is 70.7 Å². The smallest absolute Gasteiger partial charge is 0.253 e. The molecule has 20 nitrogen and oxygen atoms in total. The molecule has 10 aromatic rings. The molecule has 0 radical (unpaired) electrons. The van der Waals surface area contributed by atoms with Crippen LogP contribution in [0.15, 0.2) is 122 Å². The maximum Gasteiger partial charge on any atom is 0.253 e. The van der Waals surface area contributed by atoms with Gasteiger partial charge in [-0.05, 0) is 345 Å². The fourth-order valence-corrected chi connectivity index (χ4v) is 25.1. The van der Waals surface area contributed by atoms with Crippen molar-refractivity contribution in [1.29, 1.82) is 0 Å². The summed E-state index contributed by atoms with van der Waals surface area (Å²) >= 11 is 32.3. The van der Waals surface area contributed by atoms with Gasteiger partial charge in [0.1, 0.15) is 28.3 Å². The zero-order valence-corrected chi connectivity index (χ0v) is 86.8. The van der Waals surface area contributed by atoms with E-state index in [0.717, 1.165) is 222 Å². The lowest BCUT2D eigenvalue weighted by atomic mass is 9.77. The van der Waals surface area contributed by atoms with Gasteiger partial charge in [-0.15, -0.1) is 0 Å². The largest absolute Gasteiger partial charge is 0.388 e. The number of aliphatic hydroxyl groups is 1. The second kappa shape index (κ2) is 46.1. The highest BCUT2D eigenvalue weighted by Gasteiger charge is 2.43. The Morgan fingerprint density at radius 2 is 0.674 bits per heavy atom. The topological polar surface area (TPSA) is 238 Å². The van der Waals surface area contributed by atoms with E-state index in [9.17, 15) is 51.0 Å². The number of hydrogen-bond acceptors (Lipinski definition) is 11. The number of rotatable bonds is 26. The monoisotopic (exact) mass is 2040 g/mol. The van der Waals surface area contributed by atoms with Crippen LogP contribution in [-0.4, -0.2) is 180 Å². The Hall–Kier alpha value is -7.79. The Labute approximate surface area is 852 Å². The molecular formula is C111H146Cl5F5N14O6. The van der Waals surface area contributed by atoms with Crippen molar-refractivity contribution in [3.8, 4) is 0 Å². The van der Waals surface area contributed by atoms with Gasteiger partial charge in [-0.3, -0.25) is 24.0 Å². The van der Waals surface area contributed by atoms with Gasteiger partial charge in [0.2, 0.25) is 0 Å². The third-order valence-electron chi connectivity index (χ3n) is 32.1. The van der Waals surface area contributed by atoms with Gasteiger partial charge in [-0.2, -0.15) is 0 Å². The number of benzene rings is 5. The minimum atomic E-state index is -1.40. The zero-order valence-electron chi connectivity index (χ0n) is 83.0. The Morgan fingerprint density at radius 1 is 0.355 bits per heavy atom. The molecule has 9 atom stereocenters. The van der Waals surface area contributed by atoms with Gasteiger partial charge in [0, 0.05) is 165 Å². The number of carbonyl (C=O) groups excluding carboxylic acids is 5. The fourth-order valence-electron chi connectivity index (χ4n) is 23.7. The normalized spacial score (nSPS) is 28.9. The summed E-state index contributed by atoms with van der Waals surface area (Å²) < 4.78 is 81.3. The molecule has 20 rings (SSSR count). The summed E-state index contributed by atoms with van der Waals surface area (Å²) in [5.41, 5.74) is 1.26. The third-order valence-corrected chi connectivity index (χ3v) is 33.7. The van der Waals surface area contributed by atoms with Crippen LogP contribution in [0.4, 0.5) is 22.0 Å². The Balaban J connectivity index is 0.000000127. The predicted octanol–water partition coefficient (Wildman–Crippen LogP) is 23.8. The van der Waals surface area contributed by atoms with Crippen molar-refractivity contribution in [3.05, 3.63) is 175 Å². The van der Waals surface area contributed by atoms with E-state index in [-0.39, 0.29) is 53.8 Å². The van der Waals surface area contributed by atoms with Crippen molar-refractivity contribution in [3.63, 3.8) is 0 Å². The second-order valence-electron chi connectivity index (χ2n) is 44.4. The van der Waals surface area contributed by atoms with E-state index in [1.807, 2.05) is 116 Å². The van der Waals surface area contributed by atoms with Crippen molar-refractivity contribution >= 4 is 142 Å². The Kier molecular flexibility index (Phi) is 34.7. The predicted molar refractivity (Wildman–Crippen MR) is 562 cm³/mol. The van der Waals surface area contributed by atoms with Crippen LogP contribution in [0.2, 0.25) is 25.1 Å². The molecule has 10 N–H and O–H groups in total. The lowest BCUT2D eigenvalue weighted by Crippen LogP contribution is -2.57. The maximum atomic E-state index is 14.4. The molecule has 5 aliphatic heterocycles. The first-order valence-electron chi connectivity index (χ1n) is 52.2. The molecule has 7 unspecified atom stereocenters. The van der Waals surface area contributed by atoms with Crippen LogP contribution in [-0.2, 0) is 32.7 Å². The van der Waals surface area contributed by atoms with E-state index in [1.54, 1.807) is 33.8 Å². The van der Waals surface area contributed by atoms with Crippen molar-refractivity contribution in [2.75, 3.05) is 58.9 Å². The zero-order chi connectivity index (χ0) is 99.8. The average Bonchev–Trinajstić information content (AvgIpc) is 1.41. The summed E-state index contributed by atoms with van der Waals surface area (Å²) in [5, 5.41) is 47.3. The number of nitrogens with one attached hydrogen (secondary N) is 9. The van der Waals surface area contributed by atoms with Crippen LogP contribution in [0.3, 0.4) is 0 Å². The molecule has 5 saturated heterocycles. The summed E-state index contributed by atoms with van der Waals surface area (Å²) in [7, 11) is 0. The molecular weight excluding hydrogens is 1900 g/mol. The van der Waals surface area contributed by atoms with Crippen LogP contribution in [0.1, 0.15) is 292 Å².